The van der Waals surface area contributed by atoms with Gasteiger partial charge in [-0.05, 0) is 53.8 Å². The molecule has 1 amide bonds. The van der Waals surface area contributed by atoms with E-state index in [9.17, 15) is 4.79 Å². The molecular formula is C26H33N5OS. The van der Waals surface area contributed by atoms with E-state index in [4.69, 9.17) is 4.99 Å². The SMILES string of the molecule is CC(C)(C)c1cccc(NC2=N/Cc3cc(C(=O)N4CCCNCC4)sc3/C=C\C/C=N\2)c1. The third kappa shape index (κ3) is 6.18. The zero-order chi connectivity index (χ0) is 23.3. The number of carbonyl (C=O) groups excluding carboxylic acids is 1. The molecule has 33 heavy (non-hydrogen) atoms. The molecule has 7 heteroatoms. The summed E-state index contributed by atoms with van der Waals surface area (Å²) in [6.07, 6.45) is 7.75. The van der Waals surface area contributed by atoms with Crippen LogP contribution in [0.3, 0.4) is 0 Å². The minimum atomic E-state index is 0.0713. The van der Waals surface area contributed by atoms with Gasteiger partial charge in [-0.2, -0.15) is 0 Å². The predicted octanol–water partition coefficient (Wildman–Crippen LogP) is 4.94. The van der Waals surface area contributed by atoms with Gasteiger partial charge in [-0.15, -0.1) is 11.3 Å². The minimum Gasteiger partial charge on any atom is -0.337 e. The predicted molar refractivity (Wildman–Crippen MR) is 140 cm³/mol. The van der Waals surface area contributed by atoms with E-state index >= 15 is 0 Å². The molecule has 174 valence electrons. The van der Waals surface area contributed by atoms with Crippen LogP contribution in [-0.4, -0.2) is 49.2 Å². The monoisotopic (exact) mass is 463 g/mol. The van der Waals surface area contributed by atoms with Crippen LogP contribution in [0.15, 0.2) is 46.4 Å². The van der Waals surface area contributed by atoms with Crippen LogP contribution in [0.25, 0.3) is 6.08 Å². The fourth-order valence-corrected chi connectivity index (χ4v) is 4.93. The van der Waals surface area contributed by atoms with E-state index in [0.29, 0.717) is 18.9 Å². The Kier molecular flexibility index (Phi) is 7.40. The van der Waals surface area contributed by atoms with E-state index < -0.39 is 0 Å². The average Bonchev–Trinajstić information content (AvgIpc) is 3.00. The van der Waals surface area contributed by atoms with Gasteiger partial charge in [0.2, 0.25) is 5.96 Å². The van der Waals surface area contributed by atoms with E-state index in [1.54, 1.807) is 11.3 Å². The number of fused-ring (bicyclic) bond motifs is 1. The molecule has 1 fully saturated rings. The summed E-state index contributed by atoms with van der Waals surface area (Å²) in [5.41, 5.74) is 3.36. The lowest BCUT2D eigenvalue weighted by molar-refractivity contribution is 0.0771. The molecule has 0 bridgehead atoms. The number of allylic oxidation sites excluding steroid dienone is 1. The summed E-state index contributed by atoms with van der Waals surface area (Å²) in [6.45, 7) is 10.5. The average molecular weight is 464 g/mol. The summed E-state index contributed by atoms with van der Waals surface area (Å²) in [5, 5.41) is 6.74. The third-order valence-corrected chi connectivity index (χ3v) is 6.92. The summed E-state index contributed by atoms with van der Waals surface area (Å²) in [6, 6.07) is 10.4. The first-order valence-electron chi connectivity index (χ1n) is 11.6. The number of thiophene rings is 1. The number of nitrogens with zero attached hydrogens (tertiary/aromatic N) is 3. The summed E-state index contributed by atoms with van der Waals surface area (Å²) in [4.78, 5) is 26.3. The Labute approximate surface area is 200 Å². The molecule has 0 unspecified atom stereocenters. The maximum absolute atomic E-state index is 13.1. The zero-order valence-corrected chi connectivity index (χ0v) is 20.5. The van der Waals surface area contributed by atoms with Crippen LogP contribution in [0.4, 0.5) is 5.69 Å². The molecular weight excluding hydrogens is 430 g/mol. The second-order valence-corrected chi connectivity index (χ2v) is 10.5. The molecule has 2 aliphatic rings. The summed E-state index contributed by atoms with van der Waals surface area (Å²) < 4.78 is 0. The van der Waals surface area contributed by atoms with Crippen LogP contribution in [0.5, 0.6) is 0 Å². The molecule has 1 aromatic heterocycles. The van der Waals surface area contributed by atoms with Crippen LogP contribution in [0, 0.1) is 0 Å². The Balaban J connectivity index is 1.54. The zero-order valence-electron chi connectivity index (χ0n) is 19.7. The van der Waals surface area contributed by atoms with Crippen molar-refractivity contribution in [2.75, 3.05) is 31.5 Å². The van der Waals surface area contributed by atoms with Crippen molar-refractivity contribution in [2.45, 2.75) is 45.6 Å². The number of rotatable bonds is 2. The standard InChI is InChI=1S/C26H33N5OS/c1-26(2,3)20-8-6-9-21(17-20)30-25-28-12-5-4-10-22-19(18-29-25)16-23(33-22)24(32)31-14-7-11-27-13-15-31/h4,6,8-10,12,16-17,27H,5,7,11,13-15,18H2,1-3H3,(H,29,30)/b10-4-,28-12-. The lowest BCUT2D eigenvalue weighted by Crippen LogP contribution is -2.33. The topological polar surface area (TPSA) is 69.1 Å². The van der Waals surface area contributed by atoms with Gasteiger partial charge < -0.3 is 15.5 Å². The third-order valence-electron chi connectivity index (χ3n) is 5.79. The number of anilines is 1. The van der Waals surface area contributed by atoms with Gasteiger partial charge in [0.05, 0.1) is 11.4 Å². The molecule has 0 atom stereocenters. The van der Waals surface area contributed by atoms with Crippen molar-refractivity contribution in [3.05, 3.63) is 57.3 Å². The fourth-order valence-electron chi connectivity index (χ4n) is 3.86. The van der Waals surface area contributed by atoms with Crippen molar-refractivity contribution in [1.82, 2.24) is 10.2 Å². The highest BCUT2D eigenvalue weighted by Crippen LogP contribution is 2.28. The van der Waals surface area contributed by atoms with Gasteiger partial charge in [0.1, 0.15) is 0 Å². The maximum atomic E-state index is 13.1. The smallest absolute Gasteiger partial charge is 0.263 e. The Morgan fingerprint density at radius 3 is 2.91 bits per heavy atom. The first-order valence-corrected chi connectivity index (χ1v) is 12.5. The second-order valence-electron chi connectivity index (χ2n) is 9.44. The van der Waals surface area contributed by atoms with Crippen molar-refractivity contribution in [2.24, 2.45) is 9.98 Å². The fraction of sp³-hybridized carbons (Fsp3) is 0.423. The van der Waals surface area contributed by atoms with Gasteiger partial charge in [0, 0.05) is 42.8 Å². The van der Waals surface area contributed by atoms with Gasteiger partial charge in [0.15, 0.2) is 0 Å². The van der Waals surface area contributed by atoms with Gasteiger partial charge in [-0.3, -0.25) is 4.79 Å². The van der Waals surface area contributed by atoms with E-state index in [1.165, 1.54) is 5.56 Å². The number of benzene rings is 1. The van der Waals surface area contributed by atoms with Gasteiger partial charge in [0.25, 0.3) is 5.91 Å². The van der Waals surface area contributed by atoms with E-state index in [0.717, 1.165) is 53.6 Å². The van der Waals surface area contributed by atoms with Gasteiger partial charge in [-0.1, -0.05) is 39.0 Å². The molecule has 3 heterocycles. The Morgan fingerprint density at radius 1 is 1.18 bits per heavy atom. The maximum Gasteiger partial charge on any atom is 0.263 e. The summed E-state index contributed by atoms with van der Waals surface area (Å²) >= 11 is 1.56. The van der Waals surface area contributed by atoms with Crippen molar-refractivity contribution in [3.8, 4) is 0 Å². The van der Waals surface area contributed by atoms with Crippen molar-refractivity contribution >= 4 is 41.2 Å². The summed E-state index contributed by atoms with van der Waals surface area (Å²) in [7, 11) is 0. The lowest BCUT2D eigenvalue weighted by atomic mass is 9.87. The number of nitrogens with one attached hydrogen (secondary N) is 2. The number of amides is 1. The van der Waals surface area contributed by atoms with Crippen LogP contribution >= 0.6 is 11.3 Å². The van der Waals surface area contributed by atoms with E-state index in [-0.39, 0.29) is 11.3 Å². The Morgan fingerprint density at radius 2 is 2.06 bits per heavy atom. The molecule has 2 aromatic rings. The molecule has 0 spiro atoms. The quantitative estimate of drug-likeness (QED) is 0.663. The molecule has 4 rings (SSSR count). The van der Waals surface area contributed by atoms with E-state index in [2.05, 4.69) is 66.7 Å². The van der Waals surface area contributed by atoms with Crippen molar-refractivity contribution < 1.29 is 4.79 Å². The second kappa shape index (κ2) is 10.4. The number of carbonyl (C=O) groups is 1. The number of aliphatic imine (C=N–C) groups is 2. The highest BCUT2D eigenvalue weighted by atomic mass is 32.1. The van der Waals surface area contributed by atoms with Crippen LogP contribution in [0.2, 0.25) is 0 Å². The molecule has 6 nitrogen and oxygen atoms in total. The molecule has 2 aliphatic heterocycles. The number of hydrogen-bond donors (Lipinski definition) is 2. The van der Waals surface area contributed by atoms with Crippen LogP contribution in [-0.2, 0) is 12.0 Å². The largest absolute Gasteiger partial charge is 0.337 e. The Hall–Kier alpha value is -2.77. The van der Waals surface area contributed by atoms with Crippen LogP contribution in [0.1, 0.15) is 59.3 Å². The molecule has 1 saturated heterocycles. The number of hydrogen-bond acceptors (Lipinski definition) is 6. The Bertz CT molecular complexity index is 1070. The lowest BCUT2D eigenvalue weighted by Gasteiger charge is -2.20. The first kappa shape index (κ1) is 23.4. The van der Waals surface area contributed by atoms with Crippen LogP contribution < -0.4 is 10.6 Å². The normalized spacial score (nSPS) is 20.7. The highest BCUT2D eigenvalue weighted by molar-refractivity contribution is 7.15. The summed E-state index contributed by atoms with van der Waals surface area (Å²) in [5.74, 6) is 0.706. The molecule has 1 aromatic carbocycles. The van der Waals surface area contributed by atoms with Crippen molar-refractivity contribution in [3.63, 3.8) is 0 Å². The molecule has 0 aliphatic carbocycles. The first-order chi connectivity index (χ1) is 15.9. The van der Waals surface area contributed by atoms with Gasteiger partial charge >= 0.3 is 0 Å². The molecule has 2 N–H and O–H groups in total. The molecule has 0 radical (unpaired) electrons. The van der Waals surface area contributed by atoms with E-state index in [1.807, 2.05) is 23.2 Å². The van der Waals surface area contributed by atoms with Crippen molar-refractivity contribution in [1.29, 1.82) is 0 Å². The highest BCUT2D eigenvalue weighted by Gasteiger charge is 2.21. The van der Waals surface area contributed by atoms with Gasteiger partial charge in [-0.25, -0.2) is 9.98 Å². The molecule has 0 saturated carbocycles. The minimum absolute atomic E-state index is 0.0713. The number of guanidine groups is 1.